The minimum atomic E-state index is -3.62. The molecular weight excluding hydrogens is 450 g/mol. The van der Waals surface area contributed by atoms with Crippen LogP contribution in [0.1, 0.15) is 58.1 Å². The van der Waals surface area contributed by atoms with Crippen LogP contribution >= 0.6 is 0 Å². The molecule has 4 rings (SSSR count). The summed E-state index contributed by atoms with van der Waals surface area (Å²) in [5.41, 5.74) is 1.17. The first-order valence-electron chi connectivity index (χ1n) is 11.4. The molecule has 0 spiro atoms. The summed E-state index contributed by atoms with van der Waals surface area (Å²) in [4.78, 5) is 26.2. The van der Waals surface area contributed by atoms with Crippen LogP contribution in [0.5, 0.6) is 0 Å². The molecule has 176 valence electrons. The average molecular weight is 478 g/mol. The summed E-state index contributed by atoms with van der Waals surface area (Å²) in [6.07, 6.45) is 2.64. The first-order chi connectivity index (χ1) is 16.5. The van der Waals surface area contributed by atoms with Crippen LogP contribution in [0.4, 0.5) is 0 Å². The molecule has 6 nitrogen and oxygen atoms in total. The molecule has 34 heavy (non-hydrogen) atoms. The Hall–Kier alpha value is -3.29. The van der Waals surface area contributed by atoms with E-state index in [4.69, 9.17) is 4.74 Å². The van der Waals surface area contributed by atoms with E-state index in [2.05, 4.69) is 0 Å². The maximum atomic E-state index is 13.1. The highest BCUT2D eigenvalue weighted by Gasteiger charge is 2.28. The number of hydrogen-bond donors (Lipinski definition) is 0. The van der Waals surface area contributed by atoms with Crippen LogP contribution in [0, 0.1) is 0 Å². The maximum Gasteiger partial charge on any atom is 0.339 e. The Bertz CT molecular complexity index is 1220. The van der Waals surface area contributed by atoms with E-state index in [9.17, 15) is 18.0 Å². The second kappa shape index (κ2) is 10.8. The number of rotatable bonds is 7. The van der Waals surface area contributed by atoms with E-state index in [1.165, 1.54) is 28.6 Å². The molecule has 0 unspecified atom stereocenters. The number of Topliss-reactive ketones (excluding diaryl/α,β-unsaturated/α-hetero) is 1. The third kappa shape index (κ3) is 5.43. The fourth-order valence-electron chi connectivity index (χ4n) is 4.02. The van der Waals surface area contributed by atoms with Crippen LogP contribution in [0.25, 0.3) is 0 Å². The lowest BCUT2D eigenvalue weighted by atomic mass is 10.00. The number of benzene rings is 3. The molecule has 1 aliphatic rings. The Morgan fingerprint density at radius 3 is 1.85 bits per heavy atom. The molecular formula is C27H27NO5S. The number of sulfonamides is 1. The number of ketones is 1. The Morgan fingerprint density at radius 1 is 0.706 bits per heavy atom. The van der Waals surface area contributed by atoms with Crippen LogP contribution in [-0.2, 0) is 14.8 Å². The lowest BCUT2D eigenvalue weighted by molar-refractivity contribution is 0.0280. The van der Waals surface area contributed by atoms with Crippen molar-refractivity contribution < 1.29 is 22.7 Å². The van der Waals surface area contributed by atoms with Crippen molar-refractivity contribution in [1.82, 2.24) is 4.31 Å². The van der Waals surface area contributed by atoms with Crippen LogP contribution in [-0.4, -0.2) is 37.6 Å². The van der Waals surface area contributed by atoms with E-state index in [0.29, 0.717) is 24.2 Å². The largest absolute Gasteiger partial charge is 0.445 e. The van der Waals surface area contributed by atoms with Gasteiger partial charge in [0, 0.05) is 24.2 Å². The van der Waals surface area contributed by atoms with Crippen molar-refractivity contribution in [3.8, 4) is 0 Å². The van der Waals surface area contributed by atoms with Crippen molar-refractivity contribution in [3.63, 3.8) is 0 Å². The summed E-state index contributed by atoms with van der Waals surface area (Å²) in [6, 6.07) is 23.2. The van der Waals surface area contributed by atoms with Gasteiger partial charge in [-0.3, -0.25) is 4.79 Å². The van der Waals surface area contributed by atoms with Crippen LogP contribution < -0.4 is 0 Å². The predicted octanol–water partition coefficient (Wildman–Crippen LogP) is 5.03. The molecule has 1 saturated heterocycles. The smallest absolute Gasteiger partial charge is 0.339 e. The molecule has 0 aliphatic carbocycles. The van der Waals surface area contributed by atoms with Gasteiger partial charge in [0.15, 0.2) is 6.10 Å². The highest BCUT2D eigenvalue weighted by molar-refractivity contribution is 7.89. The van der Waals surface area contributed by atoms with Gasteiger partial charge in [-0.1, -0.05) is 73.5 Å². The SMILES string of the molecule is O=C(O[C@@H](C(=O)c1ccccc1)c1ccccc1)c1ccc(S(=O)(=O)N2CCCCCC2)cc1. The third-order valence-corrected chi connectivity index (χ3v) is 7.83. The molecule has 0 N–H and O–H groups in total. The van der Waals surface area contributed by atoms with E-state index < -0.39 is 22.1 Å². The van der Waals surface area contributed by atoms with Gasteiger partial charge in [0.2, 0.25) is 15.8 Å². The first-order valence-corrected chi connectivity index (χ1v) is 12.9. The molecule has 1 atom stereocenters. The highest BCUT2D eigenvalue weighted by atomic mass is 32.2. The Kier molecular flexibility index (Phi) is 7.55. The monoisotopic (exact) mass is 477 g/mol. The van der Waals surface area contributed by atoms with Gasteiger partial charge in [-0.15, -0.1) is 0 Å². The molecule has 1 heterocycles. The van der Waals surface area contributed by atoms with E-state index >= 15 is 0 Å². The predicted molar refractivity (Wildman–Crippen MR) is 129 cm³/mol. The molecule has 0 bridgehead atoms. The normalized spacial score (nSPS) is 15.8. The molecule has 1 fully saturated rings. The molecule has 0 radical (unpaired) electrons. The van der Waals surface area contributed by atoms with Gasteiger partial charge >= 0.3 is 5.97 Å². The lowest BCUT2D eigenvalue weighted by Gasteiger charge is -2.20. The molecule has 3 aromatic carbocycles. The molecule has 3 aromatic rings. The van der Waals surface area contributed by atoms with Gasteiger partial charge in [0.25, 0.3) is 0 Å². The summed E-state index contributed by atoms with van der Waals surface area (Å²) in [5.74, 6) is -1.03. The zero-order valence-electron chi connectivity index (χ0n) is 18.8. The topological polar surface area (TPSA) is 80.8 Å². The number of nitrogens with zero attached hydrogens (tertiary/aromatic N) is 1. The van der Waals surface area contributed by atoms with Crippen molar-refractivity contribution in [2.24, 2.45) is 0 Å². The van der Waals surface area contributed by atoms with Gasteiger partial charge in [0.1, 0.15) is 0 Å². The van der Waals surface area contributed by atoms with Crippen molar-refractivity contribution in [1.29, 1.82) is 0 Å². The first kappa shape index (κ1) is 23.9. The number of carbonyl (C=O) groups excluding carboxylic acids is 2. The van der Waals surface area contributed by atoms with Crippen LogP contribution in [0.3, 0.4) is 0 Å². The Balaban J connectivity index is 1.54. The summed E-state index contributed by atoms with van der Waals surface area (Å²) < 4.78 is 33.2. The number of hydrogen-bond acceptors (Lipinski definition) is 5. The number of esters is 1. The Morgan fingerprint density at radius 2 is 1.26 bits per heavy atom. The summed E-state index contributed by atoms with van der Waals surface area (Å²) in [6.45, 7) is 1.01. The van der Waals surface area contributed by atoms with Gasteiger partial charge in [-0.05, 0) is 37.1 Å². The van der Waals surface area contributed by atoms with Crippen molar-refractivity contribution in [3.05, 3.63) is 102 Å². The summed E-state index contributed by atoms with van der Waals surface area (Å²) in [7, 11) is -3.62. The molecule has 0 saturated carbocycles. The number of carbonyl (C=O) groups is 2. The quantitative estimate of drug-likeness (QED) is 0.352. The summed E-state index contributed by atoms with van der Waals surface area (Å²) >= 11 is 0. The minimum Gasteiger partial charge on any atom is -0.445 e. The van der Waals surface area contributed by atoms with E-state index in [-0.39, 0.29) is 16.2 Å². The van der Waals surface area contributed by atoms with Crippen molar-refractivity contribution >= 4 is 21.8 Å². The summed E-state index contributed by atoms with van der Waals surface area (Å²) in [5, 5.41) is 0. The van der Waals surface area contributed by atoms with E-state index in [0.717, 1.165) is 25.7 Å². The molecule has 1 aliphatic heterocycles. The van der Waals surface area contributed by atoms with Crippen molar-refractivity contribution in [2.75, 3.05) is 13.1 Å². The Labute approximate surface area is 200 Å². The minimum absolute atomic E-state index is 0.144. The van der Waals surface area contributed by atoms with E-state index in [1.807, 2.05) is 12.1 Å². The van der Waals surface area contributed by atoms with E-state index in [1.54, 1.807) is 48.5 Å². The second-order valence-corrected chi connectivity index (χ2v) is 10.2. The van der Waals surface area contributed by atoms with Crippen LogP contribution in [0.15, 0.2) is 89.8 Å². The lowest BCUT2D eigenvalue weighted by Crippen LogP contribution is -2.31. The fourth-order valence-corrected chi connectivity index (χ4v) is 5.54. The van der Waals surface area contributed by atoms with Crippen LogP contribution in [0.2, 0.25) is 0 Å². The standard InChI is InChI=1S/C27H27NO5S/c29-25(21-11-5-3-6-12-21)26(22-13-7-4-8-14-22)33-27(30)23-15-17-24(18-16-23)34(31,32)28-19-9-1-2-10-20-28/h3-8,11-18,26H,1-2,9-10,19-20H2/t26-/m1/s1. The van der Waals surface area contributed by atoms with Gasteiger partial charge < -0.3 is 4.74 Å². The zero-order chi connectivity index (χ0) is 24.0. The zero-order valence-corrected chi connectivity index (χ0v) is 19.6. The third-order valence-electron chi connectivity index (χ3n) is 5.92. The average Bonchev–Trinajstić information content (AvgIpc) is 3.18. The van der Waals surface area contributed by atoms with Gasteiger partial charge in [0.05, 0.1) is 10.5 Å². The maximum absolute atomic E-state index is 13.1. The number of ether oxygens (including phenoxy) is 1. The molecule has 0 aromatic heterocycles. The molecule has 0 amide bonds. The molecule has 7 heteroatoms. The van der Waals surface area contributed by atoms with Gasteiger partial charge in [-0.2, -0.15) is 4.31 Å². The fraction of sp³-hybridized carbons (Fsp3) is 0.259. The highest BCUT2D eigenvalue weighted by Crippen LogP contribution is 2.25. The van der Waals surface area contributed by atoms with Gasteiger partial charge in [-0.25, -0.2) is 13.2 Å². The van der Waals surface area contributed by atoms with Crippen molar-refractivity contribution in [2.45, 2.75) is 36.7 Å². The second-order valence-electron chi connectivity index (χ2n) is 8.27.